The summed E-state index contributed by atoms with van der Waals surface area (Å²) in [5.41, 5.74) is 9.56. The van der Waals surface area contributed by atoms with Gasteiger partial charge < -0.3 is 14.9 Å². The lowest BCUT2D eigenvalue weighted by molar-refractivity contribution is 1.05. The fourth-order valence-electron chi connectivity index (χ4n) is 4.28. The summed E-state index contributed by atoms with van der Waals surface area (Å²) >= 11 is 0. The maximum atomic E-state index is 4.63. The van der Waals surface area contributed by atoms with Crippen molar-refractivity contribution in [3.05, 3.63) is 85.6 Å². The average molecular weight is 461 g/mol. The molecule has 0 aliphatic heterocycles. The first-order chi connectivity index (χ1) is 17.1. The van der Waals surface area contributed by atoms with E-state index in [4.69, 9.17) is 0 Å². The predicted octanol–water partition coefficient (Wildman–Crippen LogP) is 6.00. The summed E-state index contributed by atoms with van der Waals surface area (Å²) in [4.78, 5) is 16.7. The van der Waals surface area contributed by atoms with E-state index in [-0.39, 0.29) is 0 Å². The number of aromatic nitrogens is 7. The van der Waals surface area contributed by atoms with Crippen LogP contribution in [0.15, 0.2) is 79.9 Å². The van der Waals surface area contributed by atoms with Gasteiger partial charge in [0.25, 0.3) is 0 Å². The number of hydrogen-bond donors (Lipinski definition) is 3. The van der Waals surface area contributed by atoms with Crippen molar-refractivity contribution in [2.45, 2.75) is 20.3 Å². The molecule has 5 heterocycles. The molecule has 0 unspecified atom stereocenters. The van der Waals surface area contributed by atoms with E-state index in [1.54, 1.807) is 0 Å². The van der Waals surface area contributed by atoms with Gasteiger partial charge in [-0.05, 0) is 43.2 Å². The highest BCUT2D eigenvalue weighted by Crippen LogP contribution is 2.33. The molecule has 6 rings (SSSR count). The molecular weight excluding hydrogens is 436 g/mol. The summed E-state index contributed by atoms with van der Waals surface area (Å²) < 4.78 is 1.99. The van der Waals surface area contributed by atoms with Crippen LogP contribution in [-0.2, 0) is 0 Å². The topological polar surface area (TPSA) is 100 Å². The molecule has 0 saturated heterocycles. The second kappa shape index (κ2) is 8.25. The molecular formula is C27H24N8. The number of nitrogens with one attached hydrogen (secondary N) is 3. The van der Waals surface area contributed by atoms with Crippen molar-refractivity contribution < 1.29 is 0 Å². The van der Waals surface area contributed by atoms with Gasteiger partial charge in [-0.15, -0.1) is 0 Å². The summed E-state index contributed by atoms with van der Waals surface area (Å²) in [6.07, 6.45) is 12.0. The third-order valence-corrected chi connectivity index (χ3v) is 6.15. The van der Waals surface area contributed by atoms with E-state index in [1.807, 2.05) is 48.8 Å². The molecule has 0 aliphatic rings. The van der Waals surface area contributed by atoms with Crippen molar-refractivity contribution in [3.63, 3.8) is 0 Å². The van der Waals surface area contributed by atoms with Crippen LogP contribution in [0.5, 0.6) is 0 Å². The Labute approximate surface area is 201 Å². The third kappa shape index (κ3) is 3.74. The highest BCUT2D eigenvalue weighted by molar-refractivity contribution is 5.99. The van der Waals surface area contributed by atoms with Gasteiger partial charge >= 0.3 is 0 Å². The van der Waals surface area contributed by atoms with Gasteiger partial charge in [0.1, 0.15) is 5.69 Å². The number of benzene rings is 1. The number of aromatic amines is 2. The zero-order chi connectivity index (χ0) is 23.9. The van der Waals surface area contributed by atoms with Gasteiger partial charge in [-0.25, -0.2) is 4.98 Å². The normalized spacial score (nSPS) is 11.4. The molecule has 0 amide bonds. The maximum Gasteiger partial charge on any atom is 0.116 e. The molecule has 0 fully saturated rings. The molecule has 0 spiro atoms. The monoisotopic (exact) mass is 460 g/mol. The highest BCUT2D eigenvalue weighted by Gasteiger charge is 2.15. The van der Waals surface area contributed by atoms with Crippen LogP contribution in [0.25, 0.3) is 50.0 Å². The molecule has 8 nitrogen and oxygen atoms in total. The molecule has 8 heteroatoms. The highest BCUT2D eigenvalue weighted by atomic mass is 15.1. The lowest BCUT2D eigenvalue weighted by atomic mass is 10.0. The summed E-state index contributed by atoms with van der Waals surface area (Å²) in [6, 6.07) is 10.5. The van der Waals surface area contributed by atoms with Crippen molar-refractivity contribution in [1.29, 1.82) is 0 Å². The number of rotatable bonds is 6. The van der Waals surface area contributed by atoms with Crippen LogP contribution < -0.4 is 5.32 Å². The molecule has 3 N–H and O–H groups in total. The number of anilines is 1. The van der Waals surface area contributed by atoms with Crippen molar-refractivity contribution in [2.75, 3.05) is 5.32 Å². The molecule has 0 saturated carbocycles. The molecule has 5 aromatic heterocycles. The number of nitrogens with zero attached hydrogens (tertiary/aromatic N) is 5. The van der Waals surface area contributed by atoms with E-state index in [0.29, 0.717) is 0 Å². The Morgan fingerprint density at radius 2 is 1.89 bits per heavy atom. The standard InChI is InChI=1S/C27H24N8/c1-4-16(2)31-20-7-19(10-28-11-20)18-5-6-23-22(8-18)27(34-33-23)24-9-21-25(32-24)12-29-13-26(21)35-14-17(3)30-15-35/h5-15,31-32H,2,4H2,1,3H3,(H,33,34). The van der Waals surface area contributed by atoms with E-state index < -0.39 is 0 Å². The van der Waals surface area contributed by atoms with Crippen molar-refractivity contribution in [3.8, 4) is 28.2 Å². The Morgan fingerprint density at radius 3 is 2.71 bits per heavy atom. The van der Waals surface area contributed by atoms with Gasteiger partial charge in [0.05, 0.1) is 58.7 Å². The maximum absolute atomic E-state index is 4.63. The van der Waals surface area contributed by atoms with E-state index in [0.717, 1.165) is 73.5 Å². The van der Waals surface area contributed by atoms with Crippen LogP contribution in [0, 0.1) is 6.92 Å². The molecule has 0 bridgehead atoms. The average Bonchev–Trinajstić information content (AvgIpc) is 3.61. The quantitative estimate of drug-likeness (QED) is 0.283. The Hall–Kier alpha value is -4.72. The second-order valence-corrected chi connectivity index (χ2v) is 8.60. The Morgan fingerprint density at radius 1 is 1.00 bits per heavy atom. The minimum atomic E-state index is 0.854. The fraction of sp³-hybridized carbons (Fsp3) is 0.111. The van der Waals surface area contributed by atoms with Gasteiger partial charge in [-0.1, -0.05) is 19.6 Å². The van der Waals surface area contributed by atoms with Gasteiger partial charge in [0.15, 0.2) is 0 Å². The summed E-state index contributed by atoms with van der Waals surface area (Å²) in [7, 11) is 0. The van der Waals surface area contributed by atoms with E-state index >= 15 is 0 Å². The van der Waals surface area contributed by atoms with E-state index in [9.17, 15) is 0 Å². The Kier molecular flexibility index (Phi) is 4.92. The summed E-state index contributed by atoms with van der Waals surface area (Å²) in [6.45, 7) is 8.07. The van der Waals surface area contributed by atoms with Crippen molar-refractivity contribution >= 4 is 27.5 Å². The molecule has 6 aromatic rings. The van der Waals surface area contributed by atoms with Crippen LogP contribution in [0.1, 0.15) is 19.0 Å². The Balaban J connectivity index is 1.43. The smallest absolute Gasteiger partial charge is 0.116 e. The van der Waals surface area contributed by atoms with E-state index in [2.05, 4.69) is 79.3 Å². The van der Waals surface area contributed by atoms with Crippen LogP contribution in [-0.4, -0.2) is 34.7 Å². The van der Waals surface area contributed by atoms with Gasteiger partial charge in [-0.3, -0.25) is 15.1 Å². The number of aryl methyl sites for hydroxylation is 1. The molecule has 0 radical (unpaired) electrons. The summed E-state index contributed by atoms with van der Waals surface area (Å²) in [5.74, 6) is 0. The second-order valence-electron chi connectivity index (χ2n) is 8.60. The van der Waals surface area contributed by atoms with Crippen LogP contribution in [0.4, 0.5) is 5.69 Å². The molecule has 1 aromatic carbocycles. The SMILES string of the molecule is C=C(CC)Nc1cncc(-c2ccc3[nH]nc(-c4cc5c(-n6cnc(C)c6)cncc5[nH]4)c3c2)c1. The molecule has 0 atom stereocenters. The number of fused-ring (bicyclic) bond motifs is 2. The Bertz CT molecular complexity index is 1700. The molecule has 0 aliphatic carbocycles. The molecule has 35 heavy (non-hydrogen) atoms. The predicted molar refractivity (Wildman–Crippen MR) is 139 cm³/mol. The van der Waals surface area contributed by atoms with Crippen LogP contribution in [0.2, 0.25) is 0 Å². The van der Waals surface area contributed by atoms with E-state index in [1.165, 1.54) is 0 Å². The lowest BCUT2D eigenvalue weighted by Crippen LogP contribution is -1.97. The number of allylic oxidation sites excluding steroid dienone is 1. The van der Waals surface area contributed by atoms with Crippen LogP contribution in [0.3, 0.4) is 0 Å². The van der Waals surface area contributed by atoms with Gasteiger partial charge in [0.2, 0.25) is 0 Å². The first kappa shape index (κ1) is 20.9. The zero-order valence-corrected chi connectivity index (χ0v) is 19.5. The minimum absolute atomic E-state index is 0.854. The fourth-order valence-corrected chi connectivity index (χ4v) is 4.28. The molecule has 172 valence electrons. The third-order valence-electron chi connectivity index (χ3n) is 6.15. The zero-order valence-electron chi connectivity index (χ0n) is 19.5. The van der Waals surface area contributed by atoms with Crippen molar-refractivity contribution in [1.82, 2.24) is 34.7 Å². The first-order valence-corrected chi connectivity index (χ1v) is 11.5. The minimum Gasteiger partial charge on any atom is -0.358 e. The first-order valence-electron chi connectivity index (χ1n) is 11.5. The number of pyridine rings is 2. The number of H-pyrrole nitrogens is 2. The largest absolute Gasteiger partial charge is 0.358 e. The summed E-state index contributed by atoms with van der Waals surface area (Å²) in [5, 5.41) is 13.2. The number of imidazole rings is 1. The lowest BCUT2D eigenvalue weighted by Gasteiger charge is -2.09. The van der Waals surface area contributed by atoms with Gasteiger partial charge in [0, 0.05) is 34.4 Å². The van der Waals surface area contributed by atoms with Crippen LogP contribution >= 0.6 is 0 Å². The van der Waals surface area contributed by atoms with Crippen molar-refractivity contribution in [2.24, 2.45) is 0 Å². The number of hydrogen-bond acceptors (Lipinski definition) is 5. The van der Waals surface area contributed by atoms with Gasteiger partial charge in [-0.2, -0.15) is 5.10 Å².